The molecule has 11 heteroatoms. The lowest BCUT2D eigenvalue weighted by Crippen LogP contribution is -2.37. The van der Waals surface area contributed by atoms with E-state index in [0.717, 1.165) is 24.1 Å². The maximum absolute atomic E-state index is 12.5. The third kappa shape index (κ3) is 4.77. The van der Waals surface area contributed by atoms with E-state index in [4.69, 9.17) is 9.47 Å². The van der Waals surface area contributed by atoms with Crippen LogP contribution in [-0.4, -0.2) is 52.3 Å². The van der Waals surface area contributed by atoms with Gasteiger partial charge >= 0.3 is 11.8 Å². The molecule has 0 radical (unpaired) electrons. The molecule has 0 saturated heterocycles. The molecule has 0 unspecified atom stereocenters. The second-order valence-corrected chi connectivity index (χ2v) is 7.90. The zero-order chi connectivity index (χ0) is 24.2. The summed E-state index contributed by atoms with van der Waals surface area (Å²) in [7, 11) is 3.11. The Morgan fingerprint density at radius 2 is 1.91 bits per heavy atom. The van der Waals surface area contributed by atoms with E-state index in [1.165, 1.54) is 4.68 Å². The van der Waals surface area contributed by atoms with Gasteiger partial charge in [-0.2, -0.15) is 9.78 Å². The second kappa shape index (κ2) is 9.77. The number of anilines is 1. The predicted molar refractivity (Wildman–Crippen MR) is 124 cm³/mol. The van der Waals surface area contributed by atoms with Crippen molar-refractivity contribution in [3.8, 4) is 17.4 Å². The summed E-state index contributed by atoms with van der Waals surface area (Å²) in [6.07, 6.45) is 2.79. The predicted octanol–water partition coefficient (Wildman–Crippen LogP) is 1.07. The Morgan fingerprint density at radius 3 is 2.68 bits per heavy atom. The van der Waals surface area contributed by atoms with Crippen LogP contribution >= 0.6 is 0 Å². The summed E-state index contributed by atoms with van der Waals surface area (Å²) in [6, 6.07) is 7.06. The van der Waals surface area contributed by atoms with Gasteiger partial charge in [-0.1, -0.05) is 6.07 Å². The van der Waals surface area contributed by atoms with E-state index in [9.17, 15) is 14.4 Å². The number of hydrogen-bond donors (Lipinski definition) is 3. The summed E-state index contributed by atoms with van der Waals surface area (Å²) in [5.74, 6) is -0.00788. The van der Waals surface area contributed by atoms with E-state index in [1.807, 2.05) is 12.1 Å². The molecule has 2 aromatic heterocycles. The zero-order valence-corrected chi connectivity index (χ0v) is 19.2. The Hall–Kier alpha value is -4.15. The van der Waals surface area contributed by atoms with Gasteiger partial charge in [-0.3, -0.25) is 19.4 Å². The number of aryl methyl sites for hydroxylation is 2. The van der Waals surface area contributed by atoms with Crippen LogP contribution in [0.3, 0.4) is 0 Å². The monoisotopic (exact) mass is 466 g/mol. The fraction of sp³-hybridized carbons (Fsp3) is 0.348. The normalized spacial score (nSPS) is 12.2. The maximum Gasteiger partial charge on any atom is 0.314 e. The zero-order valence-electron chi connectivity index (χ0n) is 19.2. The van der Waals surface area contributed by atoms with Crippen LogP contribution in [0.5, 0.6) is 11.5 Å². The van der Waals surface area contributed by atoms with Crippen molar-refractivity contribution in [2.75, 3.05) is 26.1 Å². The molecule has 0 aliphatic heterocycles. The molecule has 4 rings (SSSR count). The Bertz CT molecular complexity index is 1300. The Morgan fingerprint density at radius 1 is 1.12 bits per heavy atom. The van der Waals surface area contributed by atoms with Crippen LogP contribution in [0.2, 0.25) is 0 Å². The molecule has 0 saturated carbocycles. The summed E-state index contributed by atoms with van der Waals surface area (Å²) in [5.41, 5.74) is 2.71. The third-order valence-corrected chi connectivity index (χ3v) is 5.56. The summed E-state index contributed by atoms with van der Waals surface area (Å²) < 4.78 is 11.8. The fourth-order valence-electron chi connectivity index (χ4n) is 3.89. The molecule has 1 aliphatic rings. The largest absolute Gasteiger partial charge is 0.493 e. The smallest absolute Gasteiger partial charge is 0.314 e. The highest BCUT2D eigenvalue weighted by atomic mass is 16.5. The van der Waals surface area contributed by atoms with Crippen LogP contribution < -0.4 is 25.7 Å². The Kier molecular flexibility index (Phi) is 6.62. The highest BCUT2D eigenvalue weighted by molar-refractivity contribution is 6.39. The number of aromatic amines is 1. The second-order valence-electron chi connectivity index (χ2n) is 7.90. The number of nitrogens with zero attached hydrogens (tertiary/aromatic N) is 3. The number of hydrogen-bond acceptors (Lipinski definition) is 7. The minimum absolute atomic E-state index is 0.197. The minimum atomic E-state index is -0.850. The number of carbonyl (C=O) groups excluding carboxylic acids is 2. The summed E-state index contributed by atoms with van der Waals surface area (Å²) in [6.45, 7) is 1.99. The van der Waals surface area contributed by atoms with Gasteiger partial charge < -0.3 is 20.1 Å². The average Bonchev–Trinajstić information content (AvgIpc) is 3.45. The van der Waals surface area contributed by atoms with Crippen molar-refractivity contribution in [2.24, 2.45) is 0 Å². The number of rotatable bonds is 7. The minimum Gasteiger partial charge on any atom is -0.493 e. The SMILES string of the molecule is COc1ccc(CCNC(=O)C(=O)Nc2cc(C)nn2-c2nc3c(c(=O)[nH]2)CCC3)cc1OC. The number of ether oxygens (including phenoxy) is 2. The van der Waals surface area contributed by atoms with E-state index in [2.05, 4.69) is 25.7 Å². The molecule has 0 fully saturated rings. The van der Waals surface area contributed by atoms with E-state index in [-0.39, 0.29) is 23.9 Å². The number of fused-ring (bicyclic) bond motifs is 1. The van der Waals surface area contributed by atoms with Gasteiger partial charge in [-0.15, -0.1) is 0 Å². The molecule has 3 aromatic rings. The molecule has 3 N–H and O–H groups in total. The molecule has 0 spiro atoms. The quantitative estimate of drug-likeness (QED) is 0.443. The molecule has 2 heterocycles. The number of aromatic nitrogens is 4. The number of carbonyl (C=O) groups is 2. The molecule has 34 heavy (non-hydrogen) atoms. The van der Waals surface area contributed by atoms with Crippen molar-refractivity contribution < 1.29 is 19.1 Å². The topological polar surface area (TPSA) is 140 Å². The van der Waals surface area contributed by atoms with Crippen LogP contribution in [0.25, 0.3) is 5.95 Å². The number of nitrogens with one attached hydrogen (secondary N) is 3. The molecule has 11 nitrogen and oxygen atoms in total. The van der Waals surface area contributed by atoms with Crippen LogP contribution in [-0.2, 0) is 28.9 Å². The van der Waals surface area contributed by atoms with Crippen molar-refractivity contribution in [1.29, 1.82) is 0 Å². The van der Waals surface area contributed by atoms with Gasteiger partial charge in [0.15, 0.2) is 11.5 Å². The lowest BCUT2D eigenvalue weighted by atomic mass is 10.1. The van der Waals surface area contributed by atoms with E-state index < -0.39 is 11.8 Å². The van der Waals surface area contributed by atoms with Crippen LogP contribution in [0, 0.1) is 6.92 Å². The van der Waals surface area contributed by atoms with Crippen molar-refractivity contribution in [3.63, 3.8) is 0 Å². The van der Waals surface area contributed by atoms with Crippen molar-refractivity contribution in [1.82, 2.24) is 25.1 Å². The standard InChI is InChI=1S/C23H26N6O5/c1-13-11-19(29(28-13)23-25-16-6-4-5-15(16)20(30)27-23)26-22(32)21(31)24-10-9-14-7-8-17(33-2)18(12-14)34-3/h7-8,11-12H,4-6,9-10H2,1-3H3,(H,24,31)(H,26,32)(H,25,27,30). The fourth-order valence-corrected chi connectivity index (χ4v) is 3.89. The summed E-state index contributed by atoms with van der Waals surface area (Å²) in [4.78, 5) is 44.4. The van der Waals surface area contributed by atoms with Crippen LogP contribution in [0.4, 0.5) is 5.82 Å². The number of methoxy groups -OCH3 is 2. The Balaban J connectivity index is 1.40. The van der Waals surface area contributed by atoms with Gasteiger partial charge in [0.05, 0.1) is 25.6 Å². The first-order chi connectivity index (χ1) is 16.4. The molecular formula is C23H26N6O5. The van der Waals surface area contributed by atoms with Crippen molar-refractivity contribution in [2.45, 2.75) is 32.6 Å². The van der Waals surface area contributed by atoms with Gasteiger partial charge in [-0.05, 0) is 50.3 Å². The summed E-state index contributed by atoms with van der Waals surface area (Å²) in [5, 5.41) is 9.46. The maximum atomic E-state index is 12.5. The van der Waals surface area contributed by atoms with E-state index in [1.54, 1.807) is 33.3 Å². The van der Waals surface area contributed by atoms with Gasteiger partial charge in [0, 0.05) is 18.2 Å². The molecule has 178 valence electrons. The number of H-pyrrole nitrogens is 1. The van der Waals surface area contributed by atoms with E-state index in [0.29, 0.717) is 35.6 Å². The molecular weight excluding hydrogens is 440 g/mol. The van der Waals surface area contributed by atoms with Gasteiger partial charge in [-0.25, -0.2) is 4.98 Å². The molecule has 1 aliphatic carbocycles. The van der Waals surface area contributed by atoms with Crippen LogP contribution in [0.1, 0.15) is 28.9 Å². The highest BCUT2D eigenvalue weighted by Crippen LogP contribution is 2.27. The molecule has 0 bridgehead atoms. The first-order valence-electron chi connectivity index (χ1n) is 10.9. The molecule has 2 amide bonds. The lowest BCUT2D eigenvalue weighted by Gasteiger charge is -2.11. The average molecular weight is 466 g/mol. The highest BCUT2D eigenvalue weighted by Gasteiger charge is 2.21. The Labute approximate surface area is 195 Å². The lowest BCUT2D eigenvalue weighted by molar-refractivity contribution is -0.136. The molecule has 1 aromatic carbocycles. The third-order valence-electron chi connectivity index (χ3n) is 5.56. The first kappa shape index (κ1) is 23.0. The van der Waals surface area contributed by atoms with Crippen molar-refractivity contribution in [3.05, 3.63) is 57.1 Å². The van der Waals surface area contributed by atoms with E-state index >= 15 is 0 Å². The van der Waals surface area contributed by atoms with Gasteiger partial charge in [0.2, 0.25) is 5.95 Å². The van der Waals surface area contributed by atoms with Crippen LogP contribution in [0.15, 0.2) is 29.1 Å². The molecule has 0 atom stereocenters. The van der Waals surface area contributed by atoms with Crippen molar-refractivity contribution >= 4 is 17.6 Å². The van der Waals surface area contributed by atoms with Gasteiger partial charge in [0.1, 0.15) is 5.82 Å². The summed E-state index contributed by atoms with van der Waals surface area (Å²) >= 11 is 0. The first-order valence-corrected chi connectivity index (χ1v) is 10.9. The van der Waals surface area contributed by atoms with Gasteiger partial charge in [0.25, 0.3) is 5.56 Å². The number of amides is 2. The number of benzene rings is 1.